The number of piperidine rings is 1. The summed E-state index contributed by atoms with van der Waals surface area (Å²) in [5, 5.41) is 2.79. The molecule has 2 aliphatic heterocycles. The fourth-order valence-electron chi connectivity index (χ4n) is 4.41. The van der Waals surface area contributed by atoms with E-state index in [9.17, 15) is 9.59 Å². The van der Waals surface area contributed by atoms with Gasteiger partial charge in [0, 0.05) is 36.8 Å². The summed E-state index contributed by atoms with van der Waals surface area (Å²) < 4.78 is 5.32. The minimum absolute atomic E-state index is 0.0469. The van der Waals surface area contributed by atoms with Crippen LogP contribution in [0.1, 0.15) is 47.0 Å². The lowest BCUT2D eigenvalue weighted by molar-refractivity contribution is -0.159. The zero-order valence-electron chi connectivity index (χ0n) is 16.1. The van der Waals surface area contributed by atoms with Crippen LogP contribution in [0.4, 0.5) is 0 Å². The maximum Gasteiger partial charge on any atom is 0.312 e. The Hall–Kier alpha value is -1.18. The molecule has 0 spiro atoms. The number of hydrogen-bond acceptors (Lipinski definition) is 5. The van der Waals surface area contributed by atoms with Gasteiger partial charge in [-0.05, 0) is 53.5 Å². The molecule has 7 heteroatoms. The molecule has 2 heterocycles. The van der Waals surface area contributed by atoms with Gasteiger partial charge in [-0.25, -0.2) is 0 Å². The third-order valence-corrected chi connectivity index (χ3v) is 5.17. The van der Waals surface area contributed by atoms with Crippen molar-refractivity contribution in [3.63, 3.8) is 0 Å². The van der Waals surface area contributed by atoms with Crippen molar-refractivity contribution in [2.24, 2.45) is 5.73 Å². The molecule has 0 atom stereocenters. The van der Waals surface area contributed by atoms with E-state index in [0.29, 0.717) is 19.4 Å². The first kappa shape index (κ1) is 20.1. The molecule has 2 aliphatic rings. The number of likely N-dealkylation sites (tertiary alicyclic amines) is 1. The van der Waals surface area contributed by atoms with Crippen LogP contribution in [0.25, 0.3) is 0 Å². The number of morpholine rings is 1. The van der Waals surface area contributed by atoms with Gasteiger partial charge in [0.05, 0.1) is 13.2 Å². The fourth-order valence-corrected chi connectivity index (χ4v) is 4.41. The van der Waals surface area contributed by atoms with E-state index in [1.54, 1.807) is 4.90 Å². The largest absolute Gasteiger partial charge is 0.379 e. The summed E-state index contributed by atoms with van der Waals surface area (Å²) in [5.74, 6) is -0.966. The summed E-state index contributed by atoms with van der Waals surface area (Å²) in [6, 6.07) is 0.0469. The number of rotatable bonds is 4. The lowest BCUT2D eigenvalue weighted by atomic mass is 9.77. The first-order valence-electron chi connectivity index (χ1n) is 9.32. The lowest BCUT2D eigenvalue weighted by Crippen LogP contribution is -2.67. The standard InChI is InChI=1S/C18H34N4O3/c1-17(2)12-14(19)13-18(3,4)22(17)16(24)15(23)20-6-5-7-21-8-10-25-11-9-21/h14H,5-13,19H2,1-4H3,(H,20,23). The second-order valence-corrected chi connectivity index (χ2v) is 8.50. The van der Waals surface area contributed by atoms with Crippen molar-refractivity contribution in [1.82, 2.24) is 15.1 Å². The summed E-state index contributed by atoms with van der Waals surface area (Å²) in [4.78, 5) is 29.2. The van der Waals surface area contributed by atoms with Crippen molar-refractivity contribution < 1.29 is 14.3 Å². The van der Waals surface area contributed by atoms with E-state index in [1.807, 2.05) is 27.7 Å². The minimum atomic E-state index is -0.515. The maximum atomic E-state index is 12.8. The Morgan fingerprint density at radius 3 is 2.24 bits per heavy atom. The molecule has 0 aliphatic carbocycles. The van der Waals surface area contributed by atoms with E-state index in [4.69, 9.17) is 10.5 Å². The van der Waals surface area contributed by atoms with Crippen molar-refractivity contribution in [1.29, 1.82) is 0 Å². The van der Waals surface area contributed by atoms with Gasteiger partial charge < -0.3 is 20.7 Å². The van der Waals surface area contributed by atoms with Gasteiger partial charge >= 0.3 is 11.8 Å². The highest BCUT2D eigenvalue weighted by molar-refractivity contribution is 6.35. The molecule has 2 saturated heterocycles. The summed E-state index contributed by atoms with van der Waals surface area (Å²) >= 11 is 0. The van der Waals surface area contributed by atoms with Gasteiger partial charge in [0.2, 0.25) is 0 Å². The quantitative estimate of drug-likeness (QED) is 0.561. The van der Waals surface area contributed by atoms with Crippen LogP contribution in [-0.2, 0) is 14.3 Å². The number of ether oxygens (including phenoxy) is 1. The molecule has 2 rings (SSSR count). The fraction of sp³-hybridized carbons (Fsp3) is 0.889. The molecule has 144 valence electrons. The Morgan fingerprint density at radius 1 is 1.12 bits per heavy atom. The van der Waals surface area contributed by atoms with Crippen LogP contribution in [-0.4, -0.2) is 78.1 Å². The van der Waals surface area contributed by atoms with Crippen molar-refractivity contribution in [2.45, 2.75) is 64.1 Å². The average Bonchev–Trinajstić information content (AvgIpc) is 2.49. The second kappa shape index (κ2) is 8.01. The summed E-state index contributed by atoms with van der Waals surface area (Å²) in [6.07, 6.45) is 2.23. The van der Waals surface area contributed by atoms with E-state index >= 15 is 0 Å². The highest BCUT2D eigenvalue weighted by atomic mass is 16.5. The molecule has 25 heavy (non-hydrogen) atoms. The topological polar surface area (TPSA) is 87.9 Å². The first-order chi connectivity index (χ1) is 11.6. The number of carbonyl (C=O) groups excluding carboxylic acids is 2. The van der Waals surface area contributed by atoms with Crippen LogP contribution in [0.3, 0.4) is 0 Å². The minimum Gasteiger partial charge on any atom is -0.379 e. The van der Waals surface area contributed by atoms with Crippen LogP contribution in [0.15, 0.2) is 0 Å². The maximum absolute atomic E-state index is 12.8. The summed E-state index contributed by atoms with van der Waals surface area (Å²) in [7, 11) is 0. The molecule has 0 aromatic heterocycles. The lowest BCUT2D eigenvalue weighted by Gasteiger charge is -2.54. The van der Waals surface area contributed by atoms with Gasteiger partial charge in [-0.1, -0.05) is 0 Å². The summed E-state index contributed by atoms with van der Waals surface area (Å²) in [6.45, 7) is 12.8. The van der Waals surface area contributed by atoms with Crippen LogP contribution >= 0.6 is 0 Å². The predicted octanol–water partition coefficient (Wildman–Crippen LogP) is 0.332. The third-order valence-electron chi connectivity index (χ3n) is 5.17. The van der Waals surface area contributed by atoms with Crippen LogP contribution in [0.2, 0.25) is 0 Å². The van der Waals surface area contributed by atoms with Gasteiger partial charge in [-0.15, -0.1) is 0 Å². The van der Waals surface area contributed by atoms with Crippen LogP contribution < -0.4 is 11.1 Å². The van der Waals surface area contributed by atoms with Gasteiger partial charge in [0.25, 0.3) is 0 Å². The van der Waals surface area contributed by atoms with Gasteiger partial charge in [-0.3, -0.25) is 14.5 Å². The predicted molar refractivity (Wildman–Crippen MR) is 97.1 cm³/mol. The Labute approximate surface area is 151 Å². The van der Waals surface area contributed by atoms with E-state index < -0.39 is 22.9 Å². The average molecular weight is 354 g/mol. The Morgan fingerprint density at radius 2 is 1.68 bits per heavy atom. The number of amides is 2. The number of hydrogen-bond donors (Lipinski definition) is 2. The highest BCUT2D eigenvalue weighted by Gasteiger charge is 2.48. The van der Waals surface area contributed by atoms with E-state index in [0.717, 1.165) is 39.3 Å². The highest BCUT2D eigenvalue weighted by Crippen LogP contribution is 2.37. The van der Waals surface area contributed by atoms with Gasteiger partial charge in [0.15, 0.2) is 0 Å². The molecular formula is C18H34N4O3. The van der Waals surface area contributed by atoms with Gasteiger partial charge in [0.1, 0.15) is 0 Å². The normalized spacial score (nSPS) is 24.1. The summed E-state index contributed by atoms with van der Waals surface area (Å²) in [5.41, 5.74) is 5.29. The smallest absolute Gasteiger partial charge is 0.312 e. The molecule has 0 aromatic rings. The molecule has 2 amide bonds. The number of nitrogens with zero attached hydrogens (tertiary/aromatic N) is 2. The number of nitrogens with one attached hydrogen (secondary N) is 1. The Balaban J connectivity index is 1.84. The molecule has 0 radical (unpaired) electrons. The van der Waals surface area contributed by atoms with Crippen molar-refractivity contribution in [3.8, 4) is 0 Å². The molecular weight excluding hydrogens is 320 g/mol. The SMILES string of the molecule is CC1(C)CC(N)CC(C)(C)N1C(=O)C(=O)NCCCN1CCOCC1. The molecule has 2 fully saturated rings. The van der Waals surface area contributed by atoms with Crippen LogP contribution in [0, 0.1) is 0 Å². The van der Waals surface area contributed by atoms with E-state index in [1.165, 1.54) is 0 Å². The molecule has 0 bridgehead atoms. The molecule has 3 N–H and O–H groups in total. The zero-order chi connectivity index (χ0) is 18.7. The van der Waals surface area contributed by atoms with Crippen molar-refractivity contribution in [3.05, 3.63) is 0 Å². The molecule has 7 nitrogen and oxygen atoms in total. The Kier molecular flexibility index (Phi) is 6.45. The van der Waals surface area contributed by atoms with E-state index in [2.05, 4.69) is 10.2 Å². The number of nitrogens with two attached hydrogens (primary N) is 1. The van der Waals surface area contributed by atoms with Crippen LogP contribution in [0.5, 0.6) is 0 Å². The first-order valence-corrected chi connectivity index (χ1v) is 9.32. The second-order valence-electron chi connectivity index (χ2n) is 8.50. The molecule has 0 saturated carbocycles. The van der Waals surface area contributed by atoms with Crippen molar-refractivity contribution >= 4 is 11.8 Å². The molecule has 0 unspecified atom stereocenters. The van der Waals surface area contributed by atoms with E-state index in [-0.39, 0.29) is 6.04 Å². The third kappa shape index (κ3) is 5.15. The molecule has 0 aromatic carbocycles. The van der Waals surface area contributed by atoms with Gasteiger partial charge in [-0.2, -0.15) is 0 Å². The van der Waals surface area contributed by atoms with Crippen molar-refractivity contribution in [2.75, 3.05) is 39.4 Å². The zero-order valence-corrected chi connectivity index (χ0v) is 16.1. The Bertz CT molecular complexity index is 469. The number of carbonyl (C=O) groups is 2. The monoisotopic (exact) mass is 354 g/mol.